The maximum atomic E-state index is 12.1. The summed E-state index contributed by atoms with van der Waals surface area (Å²) < 4.78 is 26.7. The maximum Gasteiger partial charge on any atom is 0.442 e. The normalized spacial score (nSPS) is 10.8. The fourth-order valence-electron chi connectivity index (χ4n) is 1.28. The highest BCUT2D eigenvalue weighted by Gasteiger charge is 2.39. The Morgan fingerprint density at radius 2 is 1.94 bits per heavy atom. The van der Waals surface area contributed by atoms with Gasteiger partial charge in [-0.2, -0.15) is 4.79 Å². The smallest absolute Gasteiger partial charge is 0.442 e. The summed E-state index contributed by atoms with van der Waals surface area (Å²) in [5.74, 6) is 0.544. The Bertz CT molecular complexity index is 489. The fraction of sp³-hybridized carbons (Fsp3) is 0.300. The molecule has 0 aliphatic heterocycles. The van der Waals surface area contributed by atoms with Gasteiger partial charge < -0.3 is 19.3 Å². The molecule has 0 amide bonds. The second-order valence-corrected chi connectivity index (χ2v) is 5.17. The third-order valence-corrected chi connectivity index (χ3v) is 3.99. The number of rotatable bonds is 5. The minimum atomic E-state index is -3.60. The van der Waals surface area contributed by atoms with Crippen molar-refractivity contribution in [2.45, 2.75) is 0 Å². The van der Waals surface area contributed by atoms with Crippen LogP contribution in [-0.4, -0.2) is 31.6 Å². The topological polar surface area (TPSA) is 81.2 Å². The predicted molar refractivity (Wildman–Crippen MR) is 62.3 cm³/mol. The molecule has 7 heteroatoms. The van der Waals surface area contributed by atoms with E-state index in [1.54, 1.807) is 24.3 Å². The van der Waals surface area contributed by atoms with Gasteiger partial charge in [-0.15, -0.1) is 0 Å². The summed E-state index contributed by atoms with van der Waals surface area (Å²) in [6.07, 6.45) is 0. The molecule has 0 atom stereocenters. The average Bonchev–Trinajstić information content (AvgIpc) is 2.39. The number of hydrogen-bond acceptors (Lipinski definition) is 4. The molecule has 0 aliphatic rings. The van der Waals surface area contributed by atoms with Crippen molar-refractivity contribution < 1.29 is 23.1 Å². The molecule has 0 aliphatic carbocycles. The minimum absolute atomic E-state index is 0.165. The molecule has 6 nitrogen and oxygen atoms in total. The van der Waals surface area contributed by atoms with Crippen molar-refractivity contribution in [1.82, 2.24) is 0 Å². The van der Waals surface area contributed by atoms with E-state index < -0.39 is 7.60 Å². The van der Waals surface area contributed by atoms with Gasteiger partial charge in [0.15, 0.2) is 0 Å². The van der Waals surface area contributed by atoms with E-state index in [9.17, 15) is 4.57 Å². The van der Waals surface area contributed by atoms with Crippen molar-refractivity contribution >= 4 is 13.0 Å². The van der Waals surface area contributed by atoms with Crippen LogP contribution in [0.1, 0.15) is 5.56 Å². The van der Waals surface area contributed by atoms with Gasteiger partial charge in [0.1, 0.15) is 5.75 Å². The molecule has 0 heterocycles. The Balaban J connectivity index is 3.29. The van der Waals surface area contributed by atoms with E-state index >= 15 is 0 Å². The Morgan fingerprint density at radius 3 is 2.41 bits per heavy atom. The van der Waals surface area contributed by atoms with E-state index in [0.717, 1.165) is 0 Å². The number of methoxy groups -OCH3 is 1. The van der Waals surface area contributed by atoms with Crippen LogP contribution in [0.2, 0.25) is 0 Å². The van der Waals surface area contributed by atoms with Gasteiger partial charge in [-0.3, -0.25) is 0 Å². The van der Waals surface area contributed by atoms with E-state index in [4.69, 9.17) is 19.3 Å². The van der Waals surface area contributed by atoms with Crippen LogP contribution in [0.5, 0.6) is 5.75 Å². The molecule has 0 saturated heterocycles. The molecule has 0 fully saturated rings. The zero-order chi connectivity index (χ0) is 12.9. The van der Waals surface area contributed by atoms with Gasteiger partial charge in [0.05, 0.1) is 12.7 Å². The van der Waals surface area contributed by atoms with Crippen LogP contribution in [0.15, 0.2) is 24.3 Å². The molecule has 0 N–H and O–H groups in total. The zero-order valence-corrected chi connectivity index (χ0v) is 10.7. The van der Waals surface area contributed by atoms with E-state index in [2.05, 4.69) is 4.79 Å². The number of hydrogen-bond donors (Lipinski definition) is 0. The van der Waals surface area contributed by atoms with Gasteiger partial charge >= 0.3 is 13.0 Å². The van der Waals surface area contributed by atoms with Crippen molar-refractivity contribution in [3.8, 4) is 5.75 Å². The summed E-state index contributed by atoms with van der Waals surface area (Å²) in [5.41, 5.74) is 9.19. The third-order valence-electron chi connectivity index (χ3n) is 2.16. The highest BCUT2D eigenvalue weighted by atomic mass is 31.2. The molecule has 0 spiro atoms. The van der Waals surface area contributed by atoms with E-state index in [1.165, 1.54) is 21.3 Å². The lowest BCUT2D eigenvalue weighted by Gasteiger charge is -2.09. The Morgan fingerprint density at radius 1 is 1.29 bits per heavy atom. The summed E-state index contributed by atoms with van der Waals surface area (Å²) in [7, 11) is 0.338. The molecule has 0 bridgehead atoms. The lowest BCUT2D eigenvalue weighted by Crippen LogP contribution is -2.07. The molecule has 0 radical (unpaired) electrons. The second-order valence-electron chi connectivity index (χ2n) is 3.02. The van der Waals surface area contributed by atoms with E-state index in [-0.39, 0.29) is 5.45 Å². The largest absolute Gasteiger partial charge is 0.497 e. The molecule has 0 unspecified atom stereocenters. The molecule has 92 valence electrons. The van der Waals surface area contributed by atoms with Crippen LogP contribution in [0.4, 0.5) is 0 Å². The van der Waals surface area contributed by atoms with Crippen LogP contribution in [0, 0.1) is 0 Å². The van der Waals surface area contributed by atoms with Crippen molar-refractivity contribution in [2.75, 3.05) is 21.3 Å². The van der Waals surface area contributed by atoms with Crippen LogP contribution in [0.25, 0.3) is 5.53 Å². The minimum Gasteiger partial charge on any atom is -0.497 e. The van der Waals surface area contributed by atoms with Crippen LogP contribution >= 0.6 is 7.60 Å². The Kier molecular flexibility index (Phi) is 4.61. The fourth-order valence-corrected chi connectivity index (χ4v) is 2.34. The molecular weight excluding hydrogens is 243 g/mol. The molecule has 0 aromatic heterocycles. The highest BCUT2D eigenvalue weighted by Crippen LogP contribution is 2.49. The van der Waals surface area contributed by atoms with Gasteiger partial charge in [0.25, 0.3) is 0 Å². The highest BCUT2D eigenvalue weighted by molar-refractivity contribution is 7.72. The van der Waals surface area contributed by atoms with Crippen molar-refractivity contribution in [1.29, 1.82) is 0 Å². The first kappa shape index (κ1) is 13.6. The van der Waals surface area contributed by atoms with Gasteiger partial charge in [-0.1, -0.05) is 6.07 Å². The summed E-state index contributed by atoms with van der Waals surface area (Å²) >= 11 is 0. The number of nitrogens with zero attached hydrogens (tertiary/aromatic N) is 2. The Labute approximate surface area is 99.3 Å². The lowest BCUT2D eigenvalue weighted by atomic mass is 10.2. The second kappa shape index (κ2) is 5.75. The SMILES string of the molecule is COc1cccc(C(=[N+]=[N-])P(=O)(OC)OC)c1. The van der Waals surface area contributed by atoms with Gasteiger partial charge in [-0.05, 0) is 18.2 Å². The van der Waals surface area contributed by atoms with E-state index in [1.807, 2.05) is 0 Å². The number of ether oxygens (including phenoxy) is 1. The zero-order valence-electron chi connectivity index (χ0n) is 9.78. The lowest BCUT2D eigenvalue weighted by molar-refractivity contribution is -0.00213. The molecule has 1 aromatic rings. The molecule has 1 rings (SSSR count). The maximum absolute atomic E-state index is 12.1. The van der Waals surface area contributed by atoms with E-state index in [0.29, 0.717) is 11.3 Å². The summed E-state index contributed by atoms with van der Waals surface area (Å²) in [5, 5.41) is 0. The standard InChI is InChI=1S/C10H13N2O4P/c1-14-9-6-4-5-8(7-9)10(12-11)17(13,15-2)16-3/h4-7H,1-3H3. The first-order chi connectivity index (χ1) is 8.11. The van der Waals surface area contributed by atoms with Crippen molar-refractivity contribution in [3.63, 3.8) is 0 Å². The summed E-state index contributed by atoms with van der Waals surface area (Å²) in [6.45, 7) is 0. The molecule has 0 saturated carbocycles. The number of benzene rings is 1. The van der Waals surface area contributed by atoms with Gasteiger partial charge in [0, 0.05) is 14.2 Å². The van der Waals surface area contributed by atoms with Crippen LogP contribution < -0.4 is 4.74 Å². The third kappa shape index (κ3) is 2.81. The quantitative estimate of drug-likeness (QED) is 0.350. The van der Waals surface area contributed by atoms with Crippen LogP contribution in [-0.2, 0) is 13.6 Å². The first-order valence-electron chi connectivity index (χ1n) is 4.70. The summed E-state index contributed by atoms with van der Waals surface area (Å²) in [4.78, 5) is 3.00. The monoisotopic (exact) mass is 256 g/mol. The van der Waals surface area contributed by atoms with Crippen LogP contribution in [0.3, 0.4) is 0 Å². The molecule has 17 heavy (non-hydrogen) atoms. The summed E-state index contributed by atoms with van der Waals surface area (Å²) in [6, 6.07) is 6.57. The van der Waals surface area contributed by atoms with Gasteiger partial charge in [-0.25, -0.2) is 4.57 Å². The molecule has 1 aromatic carbocycles. The average molecular weight is 256 g/mol. The van der Waals surface area contributed by atoms with Crippen molar-refractivity contribution in [3.05, 3.63) is 35.4 Å². The molecular formula is C10H13N2O4P. The Hall–Kier alpha value is -1.45. The van der Waals surface area contributed by atoms with Gasteiger partial charge in [0.2, 0.25) is 0 Å². The first-order valence-corrected chi connectivity index (χ1v) is 6.24. The predicted octanol–water partition coefficient (Wildman–Crippen LogP) is 2.16. The van der Waals surface area contributed by atoms with Crippen molar-refractivity contribution in [2.24, 2.45) is 0 Å².